The Bertz CT molecular complexity index is 1180. The first-order chi connectivity index (χ1) is 14.1. The molecule has 0 aliphatic heterocycles. The molecule has 0 saturated carbocycles. The van der Waals surface area contributed by atoms with E-state index >= 15 is 0 Å². The van der Waals surface area contributed by atoms with Crippen molar-refractivity contribution in [2.75, 3.05) is 5.32 Å². The van der Waals surface area contributed by atoms with Gasteiger partial charge in [-0.2, -0.15) is 0 Å². The van der Waals surface area contributed by atoms with Crippen LogP contribution >= 0.6 is 11.3 Å². The predicted octanol–water partition coefficient (Wildman–Crippen LogP) is 5.85. The van der Waals surface area contributed by atoms with E-state index in [-0.39, 0.29) is 5.54 Å². The van der Waals surface area contributed by atoms with Crippen LogP contribution in [0.15, 0.2) is 61.1 Å². The second kappa shape index (κ2) is 8.10. The highest BCUT2D eigenvalue weighted by molar-refractivity contribution is 7.16. The van der Waals surface area contributed by atoms with Gasteiger partial charge in [0, 0.05) is 23.5 Å². The number of hydrogen-bond acceptors (Lipinski definition) is 4. The summed E-state index contributed by atoms with van der Waals surface area (Å²) < 4.78 is 2.08. The molecule has 0 atom stereocenters. The quantitative estimate of drug-likeness (QED) is 0.427. The monoisotopic (exact) mass is 400 g/mol. The molecule has 4 aromatic rings. The molecule has 5 heteroatoms. The van der Waals surface area contributed by atoms with Crippen molar-refractivity contribution in [1.29, 1.82) is 0 Å². The molecule has 0 aliphatic rings. The van der Waals surface area contributed by atoms with Gasteiger partial charge in [0.15, 0.2) is 5.65 Å². The minimum absolute atomic E-state index is 0.0318. The Morgan fingerprint density at radius 1 is 1.10 bits per heavy atom. The molecule has 0 spiro atoms. The smallest absolute Gasteiger partial charge is 0.157 e. The topological polar surface area (TPSA) is 42.2 Å². The lowest BCUT2D eigenvalue weighted by atomic mass is 9.99. The van der Waals surface area contributed by atoms with Gasteiger partial charge in [-0.15, -0.1) is 11.3 Å². The maximum Gasteiger partial charge on any atom is 0.157 e. The van der Waals surface area contributed by atoms with E-state index in [0.717, 1.165) is 45.3 Å². The third kappa shape index (κ3) is 4.33. The second-order valence-electron chi connectivity index (χ2n) is 7.65. The number of imidazole rings is 1. The Morgan fingerprint density at radius 2 is 1.93 bits per heavy atom. The number of rotatable bonds is 5. The molecule has 0 radical (unpaired) electrons. The van der Waals surface area contributed by atoms with Gasteiger partial charge in [-0.25, -0.2) is 4.98 Å². The molecule has 0 bridgehead atoms. The molecule has 0 fully saturated rings. The third-order valence-electron chi connectivity index (χ3n) is 4.71. The van der Waals surface area contributed by atoms with Crippen LogP contribution < -0.4 is 5.32 Å². The van der Waals surface area contributed by atoms with Crippen molar-refractivity contribution in [3.63, 3.8) is 0 Å². The maximum absolute atomic E-state index is 4.86. The van der Waals surface area contributed by atoms with Gasteiger partial charge in [0.2, 0.25) is 0 Å². The van der Waals surface area contributed by atoms with Crippen LogP contribution in [0.25, 0.3) is 16.2 Å². The molecule has 0 unspecified atom stereocenters. The summed E-state index contributed by atoms with van der Waals surface area (Å²) in [5, 5.41) is 3.72. The molecule has 1 N–H and O–H groups in total. The first-order valence-electron chi connectivity index (χ1n) is 9.83. The Morgan fingerprint density at radius 3 is 2.72 bits per heavy atom. The van der Waals surface area contributed by atoms with Crippen molar-refractivity contribution in [2.24, 2.45) is 0 Å². The minimum Gasteiger partial charge on any atom is -0.364 e. The van der Waals surface area contributed by atoms with E-state index in [2.05, 4.69) is 59.4 Å². The van der Waals surface area contributed by atoms with Gasteiger partial charge >= 0.3 is 0 Å². The SMILES string of the molecule is CCCC(C)(C)Nc1c(-c2ccc(C#Cc3ccccc3)s2)nc2cnccn12. The second-order valence-corrected chi connectivity index (χ2v) is 8.74. The average molecular weight is 401 g/mol. The van der Waals surface area contributed by atoms with Gasteiger partial charge in [-0.05, 0) is 44.5 Å². The lowest BCUT2D eigenvalue weighted by molar-refractivity contribution is 0.509. The summed E-state index contributed by atoms with van der Waals surface area (Å²) in [6.45, 7) is 6.66. The van der Waals surface area contributed by atoms with Crippen LogP contribution in [0.1, 0.15) is 44.1 Å². The summed E-state index contributed by atoms with van der Waals surface area (Å²) >= 11 is 1.66. The van der Waals surface area contributed by atoms with Gasteiger partial charge in [-0.1, -0.05) is 43.4 Å². The lowest BCUT2D eigenvalue weighted by Gasteiger charge is -2.27. The number of fused-ring (bicyclic) bond motifs is 1. The van der Waals surface area contributed by atoms with E-state index in [1.54, 1.807) is 23.7 Å². The van der Waals surface area contributed by atoms with Crippen LogP contribution in [0.5, 0.6) is 0 Å². The zero-order valence-corrected chi connectivity index (χ0v) is 17.8. The molecule has 0 amide bonds. The summed E-state index contributed by atoms with van der Waals surface area (Å²) in [5.41, 5.74) is 2.77. The number of anilines is 1. The van der Waals surface area contributed by atoms with Crippen molar-refractivity contribution in [2.45, 2.75) is 39.2 Å². The average Bonchev–Trinajstić information content (AvgIpc) is 3.32. The van der Waals surface area contributed by atoms with Crippen molar-refractivity contribution in [1.82, 2.24) is 14.4 Å². The number of nitrogens with zero attached hydrogens (tertiary/aromatic N) is 3. The van der Waals surface area contributed by atoms with Gasteiger partial charge in [0.1, 0.15) is 11.5 Å². The summed E-state index contributed by atoms with van der Waals surface area (Å²) in [6, 6.07) is 14.2. The van der Waals surface area contributed by atoms with Gasteiger partial charge in [0.25, 0.3) is 0 Å². The summed E-state index contributed by atoms with van der Waals surface area (Å²) in [6.07, 6.45) is 7.74. The number of thiophene rings is 1. The third-order valence-corrected chi connectivity index (χ3v) is 5.71. The van der Waals surface area contributed by atoms with Crippen LogP contribution in [0.4, 0.5) is 5.82 Å². The van der Waals surface area contributed by atoms with Crippen LogP contribution in [0.3, 0.4) is 0 Å². The zero-order chi connectivity index (χ0) is 20.3. The standard InChI is InChI=1S/C24H24N4S/c1-4-14-24(2,3)27-23-22(26-21-17-25-15-16-28(21)23)20-13-12-19(29-20)11-10-18-8-6-5-7-9-18/h5-9,12-13,15-17,27H,4,14H2,1-3H3. The highest BCUT2D eigenvalue weighted by Gasteiger charge is 2.23. The summed E-state index contributed by atoms with van der Waals surface area (Å²) in [7, 11) is 0. The summed E-state index contributed by atoms with van der Waals surface area (Å²) in [5.74, 6) is 7.51. The number of benzene rings is 1. The van der Waals surface area contributed by atoms with Crippen molar-refractivity contribution < 1.29 is 0 Å². The van der Waals surface area contributed by atoms with Crippen molar-refractivity contribution >= 4 is 22.8 Å². The number of hydrogen-bond donors (Lipinski definition) is 1. The highest BCUT2D eigenvalue weighted by atomic mass is 32.1. The van der Waals surface area contributed by atoms with Crippen LogP contribution in [0, 0.1) is 11.8 Å². The van der Waals surface area contributed by atoms with Crippen LogP contribution in [0.2, 0.25) is 0 Å². The molecule has 4 nitrogen and oxygen atoms in total. The van der Waals surface area contributed by atoms with Crippen molar-refractivity contribution in [3.8, 4) is 22.4 Å². The van der Waals surface area contributed by atoms with E-state index in [1.807, 2.05) is 36.5 Å². The molecule has 29 heavy (non-hydrogen) atoms. The number of aromatic nitrogens is 3. The molecule has 3 aromatic heterocycles. The fraction of sp³-hybridized carbons (Fsp3) is 0.250. The molecule has 146 valence electrons. The fourth-order valence-corrected chi connectivity index (χ4v) is 4.24. The molecular weight excluding hydrogens is 376 g/mol. The van der Waals surface area contributed by atoms with Gasteiger partial charge in [0.05, 0.1) is 16.0 Å². The molecular formula is C24H24N4S. The first kappa shape index (κ1) is 19.2. The van der Waals surface area contributed by atoms with Crippen molar-refractivity contribution in [3.05, 3.63) is 71.5 Å². The van der Waals surface area contributed by atoms with E-state index < -0.39 is 0 Å². The molecule has 3 heterocycles. The maximum atomic E-state index is 4.86. The Kier molecular flexibility index (Phi) is 5.37. The van der Waals surface area contributed by atoms with Gasteiger partial charge in [-0.3, -0.25) is 9.38 Å². The number of nitrogens with one attached hydrogen (secondary N) is 1. The zero-order valence-electron chi connectivity index (χ0n) is 16.9. The molecule has 0 saturated heterocycles. The summed E-state index contributed by atoms with van der Waals surface area (Å²) in [4.78, 5) is 11.2. The lowest BCUT2D eigenvalue weighted by Crippen LogP contribution is -2.31. The Balaban J connectivity index is 1.72. The highest BCUT2D eigenvalue weighted by Crippen LogP contribution is 2.35. The minimum atomic E-state index is -0.0318. The Labute approximate surface area is 175 Å². The molecule has 4 rings (SSSR count). The van der Waals surface area contributed by atoms with Crippen LogP contribution in [-0.2, 0) is 0 Å². The van der Waals surface area contributed by atoms with Crippen LogP contribution in [-0.4, -0.2) is 19.9 Å². The Hall–Kier alpha value is -3.10. The van der Waals surface area contributed by atoms with E-state index in [4.69, 9.17) is 4.98 Å². The predicted molar refractivity (Wildman–Crippen MR) is 121 cm³/mol. The molecule has 1 aromatic carbocycles. The van der Waals surface area contributed by atoms with E-state index in [1.165, 1.54) is 0 Å². The van der Waals surface area contributed by atoms with Gasteiger partial charge < -0.3 is 5.32 Å². The first-order valence-corrected chi connectivity index (χ1v) is 10.6. The normalized spacial score (nSPS) is 11.3. The fourth-order valence-electron chi connectivity index (χ4n) is 3.39. The largest absolute Gasteiger partial charge is 0.364 e. The molecule has 0 aliphatic carbocycles. The van der Waals surface area contributed by atoms with E-state index in [9.17, 15) is 0 Å². The van der Waals surface area contributed by atoms with E-state index in [0.29, 0.717) is 0 Å².